The molecular weight excluding hydrogens is 274 g/mol. The van der Waals surface area contributed by atoms with Crippen LogP contribution in [0.25, 0.3) is 0 Å². The van der Waals surface area contributed by atoms with E-state index in [1.807, 2.05) is 39.0 Å². The fourth-order valence-electron chi connectivity index (χ4n) is 1.76. The number of fused-ring (bicyclic) bond motifs is 1. The number of hydrazone groups is 1. The Morgan fingerprint density at radius 3 is 2.65 bits per heavy atom. The minimum absolute atomic E-state index is 0.278. The molecule has 0 radical (unpaired) electrons. The summed E-state index contributed by atoms with van der Waals surface area (Å²) in [5, 5.41) is 7.84. The smallest absolute Gasteiger partial charge is 0.187 e. The van der Waals surface area contributed by atoms with E-state index in [2.05, 4.69) is 15.8 Å². The van der Waals surface area contributed by atoms with Crippen LogP contribution < -0.4 is 20.2 Å². The zero-order valence-corrected chi connectivity index (χ0v) is 12.7. The topological polar surface area (TPSA) is 54.9 Å². The Morgan fingerprint density at radius 2 is 1.95 bits per heavy atom. The third-order valence-corrected chi connectivity index (χ3v) is 2.91. The van der Waals surface area contributed by atoms with Gasteiger partial charge < -0.3 is 14.8 Å². The molecule has 0 unspecified atom stereocenters. The number of rotatable bonds is 3. The lowest BCUT2D eigenvalue weighted by molar-refractivity contribution is 0.171. The van der Waals surface area contributed by atoms with E-state index in [9.17, 15) is 0 Å². The molecule has 2 N–H and O–H groups in total. The van der Waals surface area contributed by atoms with Crippen LogP contribution in [0, 0.1) is 0 Å². The molecule has 1 aliphatic heterocycles. The van der Waals surface area contributed by atoms with Crippen molar-refractivity contribution in [1.29, 1.82) is 0 Å². The number of ether oxygens (including phenoxy) is 2. The standard InChI is InChI=1S/C14H19N3O2S/c1-9(2)15-14(20)17-16-10(3)11-4-5-12-13(8-11)19-7-6-18-12/h4-5,8-9H,6-7H2,1-3H3,(H2,15,17,20)/b16-10-. The van der Waals surface area contributed by atoms with Gasteiger partial charge in [-0.2, -0.15) is 5.10 Å². The van der Waals surface area contributed by atoms with Crippen molar-refractivity contribution in [3.05, 3.63) is 23.8 Å². The van der Waals surface area contributed by atoms with Gasteiger partial charge in [0.05, 0.1) is 5.71 Å². The number of hydrogen-bond acceptors (Lipinski definition) is 4. The van der Waals surface area contributed by atoms with E-state index < -0.39 is 0 Å². The Balaban J connectivity index is 2.05. The van der Waals surface area contributed by atoms with Crippen LogP contribution in [-0.4, -0.2) is 30.1 Å². The lowest BCUT2D eigenvalue weighted by Gasteiger charge is -2.18. The molecule has 1 heterocycles. The first-order chi connectivity index (χ1) is 9.56. The molecule has 1 aliphatic rings. The van der Waals surface area contributed by atoms with Crippen LogP contribution >= 0.6 is 12.2 Å². The number of nitrogens with zero attached hydrogens (tertiary/aromatic N) is 1. The minimum atomic E-state index is 0.278. The van der Waals surface area contributed by atoms with Gasteiger partial charge in [0.15, 0.2) is 16.6 Å². The van der Waals surface area contributed by atoms with Gasteiger partial charge in [0.25, 0.3) is 0 Å². The van der Waals surface area contributed by atoms with E-state index in [-0.39, 0.29) is 6.04 Å². The summed E-state index contributed by atoms with van der Waals surface area (Å²) in [5.74, 6) is 1.53. The fourth-order valence-corrected chi connectivity index (χ4v) is 2.04. The second kappa shape index (κ2) is 6.56. The highest BCUT2D eigenvalue weighted by molar-refractivity contribution is 7.80. The molecule has 6 heteroatoms. The van der Waals surface area contributed by atoms with Gasteiger partial charge in [-0.05, 0) is 51.2 Å². The third kappa shape index (κ3) is 3.84. The summed E-state index contributed by atoms with van der Waals surface area (Å²) in [7, 11) is 0. The lowest BCUT2D eigenvalue weighted by atomic mass is 10.1. The normalized spacial score (nSPS) is 14.1. The second-order valence-electron chi connectivity index (χ2n) is 4.80. The molecule has 20 heavy (non-hydrogen) atoms. The monoisotopic (exact) mass is 293 g/mol. The molecule has 5 nitrogen and oxygen atoms in total. The number of hydrogen-bond donors (Lipinski definition) is 2. The Morgan fingerprint density at radius 1 is 1.25 bits per heavy atom. The molecular formula is C14H19N3O2S. The highest BCUT2D eigenvalue weighted by atomic mass is 32.1. The van der Waals surface area contributed by atoms with E-state index in [1.165, 1.54) is 0 Å². The molecule has 0 fully saturated rings. The van der Waals surface area contributed by atoms with Gasteiger partial charge in [-0.3, -0.25) is 5.43 Å². The molecule has 0 saturated heterocycles. The van der Waals surface area contributed by atoms with Gasteiger partial charge in [-0.25, -0.2) is 0 Å². The SMILES string of the molecule is C/C(=N/NC(=S)NC(C)C)c1ccc2c(c1)OCCO2. The predicted octanol–water partition coefficient (Wildman–Crippen LogP) is 2.05. The average Bonchev–Trinajstić information content (AvgIpc) is 2.43. The molecule has 1 aromatic rings. The van der Waals surface area contributed by atoms with Crippen LogP contribution in [0.4, 0.5) is 0 Å². The maximum absolute atomic E-state index is 5.55. The van der Waals surface area contributed by atoms with Gasteiger partial charge in [0, 0.05) is 11.6 Å². The highest BCUT2D eigenvalue weighted by Crippen LogP contribution is 2.30. The van der Waals surface area contributed by atoms with Gasteiger partial charge in [-0.1, -0.05) is 0 Å². The van der Waals surface area contributed by atoms with Crippen LogP contribution in [0.3, 0.4) is 0 Å². The van der Waals surface area contributed by atoms with Crippen LogP contribution in [0.15, 0.2) is 23.3 Å². The minimum Gasteiger partial charge on any atom is -0.486 e. The first-order valence-corrected chi connectivity index (χ1v) is 6.98. The van der Waals surface area contributed by atoms with E-state index >= 15 is 0 Å². The molecule has 1 aromatic carbocycles. The fraction of sp³-hybridized carbons (Fsp3) is 0.429. The van der Waals surface area contributed by atoms with Crippen molar-refractivity contribution < 1.29 is 9.47 Å². The Kier molecular flexibility index (Phi) is 4.79. The van der Waals surface area contributed by atoms with E-state index in [4.69, 9.17) is 21.7 Å². The molecule has 0 saturated carbocycles. The third-order valence-electron chi connectivity index (χ3n) is 2.70. The van der Waals surface area contributed by atoms with Gasteiger partial charge in [0.1, 0.15) is 13.2 Å². The first-order valence-electron chi connectivity index (χ1n) is 6.57. The van der Waals surface area contributed by atoms with Crippen molar-refractivity contribution >= 4 is 23.0 Å². The van der Waals surface area contributed by atoms with Crippen molar-refractivity contribution in [3.8, 4) is 11.5 Å². The van der Waals surface area contributed by atoms with E-state index in [1.54, 1.807) is 0 Å². The zero-order chi connectivity index (χ0) is 14.5. The summed E-state index contributed by atoms with van der Waals surface area (Å²) in [4.78, 5) is 0. The van der Waals surface area contributed by atoms with Crippen molar-refractivity contribution in [3.63, 3.8) is 0 Å². The number of benzene rings is 1. The average molecular weight is 293 g/mol. The quantitative estimate of drug-likeness (QED) is 0.507. The maximum Gasteiger partial charge on any atom is 0.187 e. The van der Waals surface area contributed by atoms with Gasteiger partial charge in [0.2, 0.25) is 0 Å². The zero-order valence-electron chi connectivity index (χ0n) is 11.9. The van der Waals surface area contributed by atoms with Crippen LogP contribution in [0.1, 0.15) is 26.3 Å². The Bertz CT molecular complexity index is 529. The van der Waals surface area contributed by atoms with Crippen molar-refractivity contribution in [1.82, 2.24) is 10.7 Å². The molecule has 0 atom stereocenters. The largest absolute Gasteiger partial charge is 0.486 e. The molecule has 2 rings (SSSR count). The van der Waals surface area contributed by atoms with Crippen molar-refractivity contribution in [2.75, 3.05) is 13.2 Å². The summed E-state index contributed by atoms with van der Waals surface area (Å²) >= 11 is 5.12. The van der Waals surface area contributed by atoms with Crippen LogP contribution in [0.5, 0.6) is 11.5 Å². The number of nitrogens with one attached hydrogen (secondary N) is 2. The molecule has 0 spiro atoms. The molecule has 0 bridgehead atoms. The Labute approximate surface area is 124 Å². The summed E-state index contributed by atoms with van der Waals surface area (Å²) in [6.45, 7) is 7.12. The number of thiocarbonyl (C=S) groups is 1. The molecule has 0 aliphatic carbocycles. The summed E-state index contributed by atoms with van der Waals surface area (Å²) in [6, 6.07) is 6.05. The molecule has 108 valence electrons. The van der Waals surface area contributed by atoms with Gasteiger partial charge >= 0.3 is 0 Å². The summed E-state index contributed by atoms with van der Waals surface area (Å²) in [5.41, 5.74) is 4.62. The van der Waals surface area contributed by atoms with E-state index in [0.29, 0.717) is 18.3 Å². The van der Waals surface area contributed by atoms with Gasteiger partial charge in [-0.15, -0.1) is 0 Å². The van der Waals surface area contributed by atoms with Crippen molar-refractivity contribution in [2.24, 2.45) is 5.10 Å². The first kappa shape index (κ1) is 14.6. The summed E-state index contributed by atoms with van der Waals surface area (Å²) in [6.07, 6.45) is 0. The van der Waals surface area contributed by atoms with Crippen LogP contribution in [-0.2, 0) is 0 Å². The second-order valence-corrected chi connectivity index (χ2v) is 5.20. The predicted molar refractivity (Wildman–Crippen MR) is 83.6 cm³/mol. The van der Waals surface area contributed by atoms with E-state index in [0.717, 1.165) is 22.8 Å². The molecule has 0 aromatic heterocycles. The maximum atomic E-state index is 5.55. The Hall–Kier alpha value is -1.82. The van der Waals surface area contributed by atoms with Crippen molar-refractivity contribution in [2.45, 2.75) is 26.8 Å². The molecule has 0 amide bonds. The lowest BCUT2D eigenvalue weighted by Crippen LogP contribution is -2.37. The van der Waals surface area contributed by atoms with Crippen LogP contribution in [0.2, 0.25) is 0 Å². The summed E-state index contributed by atoms with van der Waals surface area (Å²) < 4.78 is 11.0. The highest BCUT2D eigenvalue weighted by Gasteiger charge is 2.12.